The smallest absolute Gasteiger partial charge is 0.228 e. The molecular weight excluding hydrogens is 447 g/mol. The maximum atomic E-state index is 13.7. The van der Waals surface area contributed by atoms with Gasteiger partial charge in [-0.25, -0.2) is 4.39 Å². The summed E-state index contributed by atoms with van der Waals surface area (Å²) in [6.45, 7) is 2.96. The van der Waals surface area contributed by atoms with Gasteiger partial charge >= 0.3 is 0 Å². The highest BCUT2D eigenvalue weighted by molar-refractivity contribution is 7.76. The third-order valence-electron chi connectivity index (χ3n) is 5.04. The number of nitrogens with one attached hydrogen (secondary N) is 2. The molecule has 6 heteroatoms. The maximum Gasteiger partial charge on any atom is 0.228 e. The zero-order valence-electron chi connectivity index (χ0n) is 18.8. The van der Waals surface area contributed by atoms with E-state index in [1.807, 2.05) is 66.7 Å². The van der Waals surface area contributed by atoms with Crippen molar-refractivity contribution in [3.63, 3.8) is 0 Å². The summed E-state index contributed by atoms with van der Waals surface area (Å²) in [5, 5.41) is 2.95. The lowest BCUT2D eigenvalue weighted by atomic mass is 10.0. The van der Waals surface area contributed by atoms with Crippen molar-refractivity contribution < 1.29 is 13.9 Å². The number of thiol groups is 1. The molecular formula is C28H26FN2O2S+. The van der Waals surface area contributed by atoms with Gasteiger partial charge in [0.25, 0.3) is 0 Å². The summed E-state index contributed by atoms with van der Waals surface area (Å²) in [6, 6.07) is 29.3. The van der Waals surface area contributed by atoms with Crippen LogP contribution in [-0.2, 0) is 23.2 Å². The monoisotopic (exact) mass is 473 g/mol. The van der Waals surface area contributed by atoms with Gasteiger partial charge in [-0.1, -0.05) is 48.5 Å². The molecule has 172 valence electrons. The number of anilines is 1. The number of amides is 1. The van der Waals surface area contributed by atoms with Crippen LogP contribution in [0.5, 0.6) is 11.5 Å². The largest absolute Gasteiger partial charge is 0.457 e. The first-order chi connectivity index (χ1) is 16.6. The molecule has 0 aliphatic carbocycles. The number of carbonyl (C=O) groups is 1. The van der Waals surface area contributed by atoms with E-state index < -0.39 is 0 Å². The first-order valence-corrected chi connectivity index (χ1v) is 12.0. The van der Waals surface area contributed by atoms with Crippen LogP contribution in [0.25, 0.3) is 11.1 Å². The van der Waals surface area contributed by atoms with E-state index in [9.17, 15) is 9.18 Å². The molecule has 0 aromatic heterocycles. The van der Waals surface area contributed by atoms with E-state index in [-0.39, 0.29) is 18.1 Å². The Morgan fingerprint density at radius 1 is 0.912 bits per heavy atom. The number of hydrogen-bond donors (Lipinski definition) is 2. The van der Waals surface area contributed by atoms with Crippen molar-refractivity contribution in [2.24, 2.45) is 0 Å². The van der Waals surface area contributed by atoms with Gasteiger partial charge in [0, 0.05) is 29.9 Å². The molecule has 0 radical (unpaired) electrons. The molecule has 34 heavy (non-hydrogen) atoms. The lowest BCUT2D eigenvalue weighted by Crippen LogP contribution is -2.14. The summed E-state index contributed by atoms with van der Waals surface area (Å²) in [5.41, 5.74) is 3.35. The van der Waals surface area contributed by atoms with Crippen LogP contribution >= 0.6 is 0 Å². The molecule has 0 heterocycles. The highest BCUT2D eigenvalue weighted by atomic mass is 32.2. The number of halogens is 1. The Labute approximate surface area is 203 Å². The second-order valence-corrected chi connectivity index (χ2v) is 8.71. The molecule has 0 atom stereocenters. The molecule has 0 aliphatic heterocycles. The SMILES string of the molecule is CCN[SH+]c1ccc(CC(=O)Nc2ccc(-c3ccccc3)c(Oc3cccc(F)c3)c2)cc1. The van der Waals surface area contributed by atoms with Crippen molar-refractivity contribution in [3.8, 4) is 22.6 Å². The molecule has 0 fully saturated rings. The normalized spacial score (nSPS) is 10.6. The average molecular weight is 474 g/mol. The summed E-state index contributed by atoms with van der Waals surface area (Å²) in [6.07, 6.45) is 0.263. The van der Waals surface area contributed by atoms with E-state index in [1.165, 1.54) is 12.1 Å². The minimum Gasteiger partial charge on any atom is -0.457 e. The van der Waals surface area contributed by atoms with Crippen molar-refractivity contribution >= 4 is 23.5 Å². The molecule has 0 bridgehead atoms. The summed E-state index contributed by atoms with van der Waals surface area (Å²) >= 11 is 1.06. The van der Waals surface area contributed by atoms with E-state index in [1.54, 1.807) is 18.2 Å². The molecule has 0 saturated heterocycles. The number of ether oxygens (including phenoxy) is 1. The van der Waals surface area contributed by atoms with Gasteiger partial charge in [0.1, 0.15) is 17.3 Å². The van der Waals surface area contributed by atoms with Crippen LogP contribution in [-0.4, -0.2) is 12.5 Å². The van der Waals surface area contributed by atoms with Crippen molar-refractivity contribution in [3.05, 3.63) is 108 Å². The quantitative estimate of drug-likeness (QED) is 0.226. The Morgan fingerprint density at radius 3 is 2.44 bits per heavy atom. The van der Waals surface area contributed by atoms with Crippen LogP contribution < -0.4 is 14.8 Å². The number of rotatable bonds is 9. The van der Waals surface area contributed by atoms with Gasteiger partial charge in [-0.2, -0.15) is 0 Å². The van der Waals surface area contributed by atoms with E-state index in [4.69, 9.17) is 4.74 Å². The van der Waals surface area contributed by atoms with Crippen LogP contribution in [0.2, 0.25) is 0 Å². The van der Waals surface area contributed by atoms with Gasteiger partial charge in [-0.15, -0.1) is 4.72 Å². The van der Waals surface area contributed by atoms with Crippen LogP contribution in [0.1, 0.15) is 12.5 Å². The van der Waals surface area contributed by atoms with Crippen molar-refractivity contribution in [2.45, 2.75) is 18.2 Å². The summed E-state index contributed by atoms with van der Waals surface area (Å²) in [5.74, 6) is 0.416. The van der Waals surface area contributed by atoms with Crippen molar-refractivity contribution in [1.29, 1.82) is 0 Å². The predicted molar refractivity (Wildman–Crippen MR) is 138 cm³/mol. The third-order valence-corrected chi connectivity index (χ3v) is 6.07. The Hall–Kier alpha value is -3.61. The van der Waals surface area contributed by atoms with Crippen LogP contribution in [0, 0.1) is 5.82 Å². The maximum absolute atomic E-state index is 13.7. The average Bonchev–Trinajstić information content (AvgIpc) is 2.84. The van der Waals surface area contributed by atoms with Gasteiger partial charge in [0.05, 0.1) is 18.4 Å². The zero-order chi connectivity index (χ0) is 23.8. The molecule has 0 saturated carbocycles. The van der Waals surface area contributed by atoms with Gasteiger partial charge in [-0.05, 0) is 54.4 Å². The van der Waals surface area contributed by atoms with Gasteiger partial charge in [0.2, 0.25) is 5.91 Å². The molecule has 4 rings (SSSR count). The predicted octanol–water partition coefficient (Wildman–Crippen LogP) is 6.16. The van der Waals surface area contributed by atoms with Crippen LogP contribution in [0.4, 0.5) is 10.1 Å². The standard InChI is InChI=1S/C28H25FN2O2S/c1-2-30-34-25-14-11-20(12-15-25)17-28(32)31-23-13-16-26(21-7-4-3-5-8-21)27(19-23)33-24-10-6-9-22(29)18-24/h3-16,18-19,30H,2,17H2,1H3,(H,31,32)/p+1. The fourth-order valence-electron chi connectivity index (χ4n) is 3.45. The van der Waals surface area contributed by atoms with Gasteiger partial charge in [-0.3, -0.25) is 4.79 Å². The van der Waals surface area contributed by atoms with Gasteiger partial charge < -0.3 is 10.1 Å². The molecule has 0 aliphatic rings. The molecule has 0 unspecified atom stereocenters. The molecule has 1 amide bonds. The number of carbonyl (C=O) groups excluding carboxylic acids is 1. The van der Waals surface area contributed by atoms with Gasteiger partial charge in [0.15, 0.2) is 4.90 Å². The number of hydrogen-bond acceptors (Lipinski definition) is 3. The highest BCUT2D eigenvalue weighted by Crippen LogP contribution is 2.35. The topological polar surface area (TPSA) is 50.4 Å². The van der Waals surface area contributed by atoms with E-state index in [0.29, 0.717) is 17.2 Å². The zero-order valence-corrected chi connectivity index (χ0v) is 19.7. The fraction of sp³-hybridized carbons (Fsp3) is 0.107. The first kappa shape index (κ1) is 23.5. The van der Waals surface area contributed by atoms with Crippen LogP contribution in [0.3, 0.4) is 0 Å². The minimum atomic E-state index is -0.376. The van der Waals surface area contributed by atoms with Crippen molar-refractivity contribution in [1.82, 2.24) is 4.72 Å². The Kier molecular flexibility index (Phi) is 7.96. The Morgan fingerprint density at radius 2 is 1.71 bits per heavy atom. The second kappa shape index (κ2) is 11.5. The lowest BCUT2D eigenvalue weighted by molar-refractivity contribution is -0.115. The molecule has 0 spiro atoms. The molecule has 4 nitrogen and oxygen atoms in total. The Balaban J connectivity index is 1.52. The van der Waals surface area contributed by atoms with E-state index in [2.05, 4.69) is 17.0 Å². The Bertz CT molecular complexity index is 1250. The molecule has 2 N–H and O–H groups in total. The lowest BCUT2D eigenvalue weighted by Gasteiger charge is -2.14. The summed E-state index contributed by atoms with van der Waals surface area (Å²) < 4.78 is 23.0. The highest BCUT2D eigenvalue weighted by Gasteiger charge is 2.12. The van der Waals surface area contributed by atoms with Crippen LogP contribution in [0.15, 0.2) is 102 Å². The summed E-state index contributed by atoms with van der Waals surface area (Å²) in [4.78, 5) is 13.8. The summed E-state index contributed by atoms with van der Waals surface area (Å²) in [7, 11) is 0. The van der Waals surface area contributed by atoms with E-state index >= 15 is 0 Å². The van der Waals surface area contributed by atoms with Crippen molar-refractivity contribution in [2.75, 3.05) is 11.9 Å². The second-order valence-electron chi connectivity index (χ2n) is 7.65. The molecule has 4 aromatic rings. The van der Waals surface area contributed by atoms with E-state index in [0.717, 1.165) is 40.1 Å². The number of benzene rings is 4. The molecule has 4 aromatic carbocycles. The third kappa shape index (κ3) is 6.47. The minimum absolute atomic E-state index is 0.124. The first-order valence-electron chi connectivity index (χ1n) is 11.1. The fourth-order valence-corrected chi connectivity index (χ4v) is 4.09.